The Morgan fingerprint density at radius 1 is 1.55 bits per heavy atom. The molecule has 0 aliphatic heterocycles. The van der Waals surface area contributed by atoms with E-state index in [9.17, 15) is 0 Å². The fourth-order valence-electron chi connectivity index (χ4n) is 1.47. The van der Waals surface area contributed by atoms with Crippen LogP contribution in [-0.4, -0.2) is 6.04 Å². The molecule has 1 atom stereocenters. The lowest BCUT2D eigenvalue weighted by molar-refractivity contribution is 0.277. The topological polar surface area (TPSA) is 26.0 Å². The first-order chi connectivity index (χ1) is 5.33. The molecule has 0 aromatic carbocycles. The zero-order valence-corrected chi connectivity index (χ0v) is 7.27. The Morgan fingerprint density at radius 3 is 2.73 bits per heavy atom. The Balaban J connectivity index is 2.07. The van der Waals surface area contributed by atoms with Gasteiger partial charge in [0.2, 0.25) is 0 Å². The predicted molar refractivity (Wildman–Crippen MR) is 48.0 cm³/mol. The Bertz CT molecular complexity index is 159. The van der Waals surface area contributed by atoms with Crippen molar-refractivity contribution in [3.63, 3.8) is 0 Å². The zero-order chi connectivity index (χ0) is 8.10. The molecule has 0 bridgehead atoms. The second kappa shape index (κ2) is 4.41. The van der Waals surface area contributed by atoms with Crippen molar-refractivity contribution in [1.29, 1.82) is 0 Å². The minimum absolute atomic E-state index is 0.327. The van der Waals surface area contributed by atoms with E-state index in [4.69, 9.17) is 5.73 Å². The summed E-state index contributed by atoms with van der Waals surface area (Å²) in [7, 11) is 0. The molecule has 11 heavy (non-hydrogen) atoms. The third-order valence-corrected chi connectivity index (χ3v) is 2.40. The summed E-state index contributed by atoms with van der Waals surface area (Å²) in [6.45, 7) is 1.87. The van der Waals surface area contributed by atoms with Crippen LogP contribution >= 0.6 is 0 Å². The molecule has 1 rings (SSSR count). The first-order valence-electron chi connectivity index (χ1n) is 4.48. The highest BCUT2D eigenvalue weighted by molar-refractivity contribution is 4.98. The minimum Gasteiger partial charge on any atom is -0.327 e. The molecule has 0 heterocycles. The predicted octanol–water partition coefficient (Wildman–Crippen LogP) is 1.92. The van der Waals surface area contributed by atoms with Gasteiger partial charge in [0.1, 0.15) is 0 Å². The molecule has 62 valence electrons. The molecule has 1 aliphatic carbocycles. The highest BCUT2D eigenvalue weighted by Crippen LogP contribution is 2.30. The first kappa shape index (κ1) is 8.62. The third kappa shape index (κ3) is 2.95. The lowest BCUT2D eigenvalue weighted by Crippen LogP contribution is -2.26. The van der Waals surface area contributed by atoms with Crippen LogP contribution in [0.25, 0.3) is 0 Å². The van der Waals surface area contributed by atoms with Crippen LogP contribution in [0.5, 0.6) is 0 Å². The molecule has 1 nitrogen and oxygen atoms in total. The quantitative estimate of drug-likeness (QED) is 0.613. The monoisotopic (exact) mass is 151 g/mol. The summed E-state index contributed by atoms with van der Waals surface area (Å²) in [6.07, 6.45) is 6.28. The molecule has 1 fully saturated rings. The van der Waals surface area contributed by atoms with Gasteiger partial charge in [-0.1, -0.05) is 19.3 Å². The summed E-state index contributed by atoms with van der Waals surface area (Å²) in [4.78, 5) is 0. The van der Waals surface area contributed by atoms with Gasteiger partial charge < -0.3 is 5.73 Å². The molecule has 0 spiro atoms. The van der Waals surface area contributed by atoms with Gasteiger partial charge in [0.15, 0.2) is 0 Å². The lowest BCUT2D eigenvalue weighted by Gasteiger charge is -2.27. The summed E-state index contributed by atoms with van der Waals surface area (Å²) in [6, 6.07) is 0.327. The maximum Gasteiger partial charge on any atom is 0.0241 e. The van der Waals surface area contributed by atoms with Crippen molar-refractivity contribution in [3.05, 3.63) is 0 Å². The SMILES string of the molecule is CC#CCC(N)CC1CCC1. The van der Waals surface area contributed by atoms with E-state index < -0.39 is 0 Å². The molecule has 1 unspecified atom stereocenters. The highest BCUT2D eigenvalue weighted by atomic mass is 14.6. The summed E-state index contributed by atoms with van der Waals surface area (Å²) in [5.41, 5.74) is 5.87. The molecule has 0 aromatic rings. The highest BCUT2D eigenvalue weighted by Gasteiger charge is 2.19. The van der Waals surface area contributed by atoms with Gasteiger partial charge in [-0.2, -0.15) is 0 Å². The Morgan fingerprint density at radius 2 is 2.27 bits per heavy atom. The van der Waals surface area contributed by atoms with Crippen LogP contribution < -0.4 is 5.73 Å². The number of nitrogens with two attached hydrogens (primary N) is 1. The molecule has 0 radical (unpaired) electrons. The fraction of sp³-hybridized carbons (Fsp3) is 0.800. The standard InChI is InChI=1S/C10H17N/c1-2-3-7-10(11)8-9-5-4-6-9/h9-10H,4-8,11H2,1H3. The summed E-state index contributed by atoms with van der Waals surface area (Å²) in [5.74, 6) is 6.82. The van der Waals surface area contributed by atoms with Gasteiger partial charge in [-0.15, -0.1) is 11.8 Å². The summed E-state index contributed by atoms with van der Waals surface area (Å²) >= 11 is 0. The van der Waals surface area contributed by atoms with E-state index in [0.29, 0.717) is 6.04 Å². The van der Waals surface area contributed by atoms with E-state index in [-0.39, 0.29) is 0 Å². The second-order valence-electron chi connectivity index (χ2n) is 3.42. The van der Waals surface area contributed by atoms with Crippen molar-refractivity contribution in [2.45, 2.75) is 45.1 Å². The van der Waals surface area contributed by atoms with Gasteiger partial charge >= 0.3 is 0 Å². The molecule has 0 amide bonds. The smallest absolute Gasteiger partial charge is 0.0241 e. The van der Waals surface area contributed by atoms with Crippen LogP contribution in [0.15, 0.2) is 0 Å². The molecule has 0 saturated heterocycles. The van der Waals surface area contributed by atoms with Gasteiger partial charge in [0.25, 0.3) is 0 Å². The van der Waals surface area contributed by atoms with E-state index in [1.165, 1.54) is 25.7 Å². The Labute approximate surface area is 69.4 Å². The number of hydrogen-bond donors (Lipinski definition) is 1. The van der Waals surface area contributed by atoms with Crippen LogP contribution in [-0.2, 0) is 0 Å². The molecule has 2 N–H and O–H groups in total. The zero-order valence-electron chi connectivity index (χ0n) is 7.27. The summed E-state index contributed by atoms with van der Waals surface area (Å²) in [5, 5.41) is 0. The fourth-order valence-corrected chi connectivity index (χ4v) is 1.47. The Kier molecular flexibility index (Phi) is 3.45. The first-order valence-corrected chi connectivity index (χ1v) is 4.48. The lowest BCUT2D eigenvalue weighted by atomic mass is 9.80. The molecular weight excluding hydrogens is 134 g/mol. The average molecular weight is 151 g/mol. The van der Waals surface area contributed by atoms with E-state index in [1.807, 2.05) is 6.92 Å². The van der Waals surface area contributed by atoms with Crippen LogP contribution in [0.3, 0.4) is 0 Å². The molecule has 1 aliphatic rings. The molecule has 1 heteroatoms. The maximum atomic E-state index is 5.87. The van der Waals surface area contributed by atoms with Crippen molar-refractivity contribution in [2.75, 3.05) is 0 Å². The minimum atomic E-state index is 0.327. The van der Waals surface area contributed by atoms with E-state index in [1.54, 1.807) is 0 Å². The van der Waals surface area contributed by atoms with E-state index in [0.717, 1.165) is 12.3 Å². The second-order valence-corrected chi connectivity index (χ2v) is 3.42. The third-order valence-electron chi connectivity index (χ3n) is 2.40. The average Bonchev–Trinajstić information content (AvgIpc) is 1.93. The van der Waals surface area contributed by atoms with Gasteiger partial charge in [-0.05, 0) is 19.3 Å². The van der Waals surface area contributed by atoms with Crippen molar-refractivity contribution in [3.8, 4) is 11.8 Å². The van der Waals surface area contributed by atoms with Crippen LogP contribution in [0.2, 0.25) is 0 Å². The van der Waals surface area contributed by atoms with Crippen LogP contribution in [0.1, 0.15) is 39.0 Å². The van der Waals surface area contributed by atoms with E-state index in [2.05, 4.69) is 11.8 Å². The van der Waals surface area contributed by atoms with Gasteiger partial charge in [0.05, 0.1) is 0 Å². The number of rotatable bonds is 3. The van der Waals surface area contributed by atoms with Crippen LogP contribution in [0.4, 0.5) is 0 Å². The van der Waals surface area contributed by atoms with Gasteiger partial charge in [0, 0.05) is 12.5 Å². The molecular formula is C10H17N. The van der Waals surface area contributed by atoms with Gasteiger partial charge in [-0.25, -0.2) is 0 Å². The maximum absolute atomic E-state index is 5.87. The van der Waals surface area contributed by atoms with Crippen LogP contribution in [0, 0.1) is 17.8 Å². The van der Waals surface area contributed by atoms with Crippen molar-refractivity contribution < 1.29 is 0 Å². The van der Waals surface area contributed by atoms with Crippen molar-refractivity contribution >= 4 is 0 Å². The number of hydrogen-bond acceptors (Lipinski definition) is 1. The largest absolute Gasteiger partial charge is 0.327 e. The van der Waals surface area contributed by atoms with Gasteiger partial charge in [-0.3, -0.25) is 0 Å². The molecule has 1 saturated carbocycles. The van der Waals surface area contributed by atoms with E-state index >= 15 is 0 Å². The normalized spacial score (nSPS) is 19.8. The van der Waals surface area contributed by atoms with Crippen molar-refractivity contribution in [2.24, 2.45) is 11.7 Å². The summed E-state index contributed by atoms with van der Waals surface area (Å²) < 4.78 is 0. The molecule has 0 aromatic heterocycles. The van der Waals surface area contributed by atoms with Crippen molar-refractivity contribution in [1.82, 2.24) is 0 Å². The Hall–Kier alpha value is -0.480.